The lowest BCUT2D eigenvalue weighted by atomic mass is 10.1. The largest absolute Gasteiger partial charge is 0.385 e. The summed E-state index contributed by atoms with van der Waals surface area (Å²) in [6, 6.07) is 18.1. The van der Waals surface area contributed by atoms with Gasteiger partial charge in [0.1, 0.15) is 0 Å². The van der Waals surface area contributed by atoms with Gasteiger partial charge in [-0.1, -0.05) is 65.8 Å². The van der Waals surface area contributed by atoms with E-state index in [9.17, 15) is 4.79 Å². The quantitative estimate of drug-likeness (QED) is 0.242. The molecule has 0 N–H and O–H groups in total. The number of ether oxygens (including phenoxy) is 1. The van der Waals surface area contributed by atoms with Gasteiger partial charge >= 0.3 is 0 Å². The number of thioether (sulfide) groups is 1. The van der Waals surface area contributed by atoms with Gasteiger partial charge in [-0.3, -0.25) is 4.79 Å². The average molecular weight is 499 g/mol. The zero-order chi connectivity index (χ0) is 23.9. The standard InChI is InChI=1S/C26H31ClN4O2S/c1-19(21-13-14-21)31(17-20-9-4-3-5-10-20)24(32)18-34-26-29-28-25(30(26)15-8-16-33-2)22-11-6-7-12-23(22)27/h3-7,9-12,19,21H,8,13-18H2,1-2H3. The summed E-state index contributed by atoms with van der Waals surface area (Å²) in [6.07, 6.45) is 3.20. The molecule has 8 heteroatoms. The summed E-state index contributed by atoms with van der Waals surface area (Å²) >= 11 is 7.88. The molecule has 1 saturated carbocycles. The number of nitrogens with zero attached hydrogens (tertiary/aromatic N) is 4. The summed E-state index contributed by atoms with van der Waals surface area (Å²) < 4.78 is 7.29. The summed E-state index contributed by atoms with van der Waals surface area (Å²) in [5.74, 6) is 1.75. The average Bonchev–Trinajstić information content (AvgIpc) is 3.63. The van der Waals surface area contributed by atoms with E-state index in [-0.39, 0.29) is 11.9 Å². The van der Waals surface area contributed by atoms with Crippen molar-refractivity contribution in [3.8, 4) is 11.4 Å². The van der Waals surface area contributed by atoms with E-state index in [2.05, 4.69) is 29.3 Å². The molecule has 180 valence electrons. The molecule has 1 atom stereocenters. The van der Waals surface area contributed by atoms with Crippen molar-refractivity contribution in [3.63, 3.8) is 0 Å². The summed E-state index contributed by atoms with van der Waals surface area (Å²) in [7, 11) is 1.69. The second kappa shape index (κ2) is 11.9. The molecule has 1 fully saturated rings. The highest BCUT2D eigenvalue weighted by Gasteiger charge is 2.34. The lowest BCUT2D eigenvalue weighted by molar-refractivity contribution is -0.131. The lowest BCUT2D eigenvalue weighted by Gasteiger charge is -2.29. The molecule has 1 aliphatic rings. The van der Waals surface area contributed by atoms with E-state index in [1.54, 1.807) is 7.11 Å². The molecule has 1 heterocycles. The highest BCUT2D eigenvalue weighted by atomic mass is 35.5. The van der Waals surface area contributed by atoms with Gasteiger partial charge in [-0.25, -0.2) is 0 Å². The molecule has 0 radical (unpaired) electrons. The number of rotatable bonds is 12. The molecule has 1 amide bonds. The Hall–Kier alpha value is -2.35. The maximum absolute atomic E-state index is 13.4. The Morgan fingerprint density at radius 2 is 1.91 bits per heavy atom. The first kappa shape index (κ1) is 24.8. The van der Waals surface area contributed by atoms with Crippen LogP contribution in [0.15, 0.2) is 59.8 Å². The Bertz CT molecular complexity index is 1090. The minimum absolute atomic E-state index is 0.124. The SMILES string of the molecule is COCCCn1c(SCC(=O)N(Cc2ccccc2)C(C)C2CC2)nnc1-c1ccccc1Cl. The summed E-state index contributed by atoms with van der Waals surface area (Å²) in [5.41, 5.74) is 1.98. The van der Waals surface area contributed by atoms with Gasteiger partial charge < -0.3 is 14.2 Å². The van der Waals surface area contributed by atoms with Gasteiger partial charge in [0.2, 0.25) is 5.91 Å². The smallest absolute Gasteiger partial charge is 0.233 e. The third-order valence-corrected chi connectivity index (χ3v) is 7.48. The maximum Gasteiger partial charge on any atom is 0.233 e. The minimum Gasteiger partial charge on any atom is -0.385 e. The monoisotopic (exact) mass is 498 g/mol. The van der Waals surface area contributed by atoms with E-state index in [4.69, 9.17) is 16.3 Å². The summed E-state index contributed by atoms with van der Waals surface area (Å²) in [5, 5.41) is 10.2. The highest BCUT2D eigenvalue weighted by Crippen LogP contribution is 2.36. The number of hydrogen-bond donors (Lipinski definition) is 0. The molecular formula is C26H31ClN4O2S. The third kappa shape index (κ3) is 6.20. The molecular weight excluding hydrogens is 468 g/mol. The van der Waals surface area contributed by atoms with Crippen LogP contribution in [-0.4, -0.2) is 51.1 Å². The van der Waals surface area contributed by atoms with Crippen LogP contribution in [0.25, 0.3) is 11.4 Å². The molecule has 2 aromatic carbocycles. The van der Waals surface area contributed by atoms with Crippen LogP contribution >= 0.6 is 23.4 Å². The zero-order valence-electron chi connectivity index (χ0n) is 19.7. The lowest BCUT2D eigenvalue weighted by Crippen LogP contribution is -2.40. The van der Waals surface area contributed by atoms with E-state index >= 15 is 0 Å². The molecule has 3 aromatic rings. The molecule has 1 unspecified atom stereocenters. The van der Waals surface area contributed by atoms with E-state index < -0.39 is 0 Å². The first-order valence-electron chi connectivity index (χ1n) is 11.7. The van der Waals surface area contributed by atoms with E-state index in [0.717, 1.165) is 22.7 Å². The number of halogens is 1. The van der Waals surface area contributed by atoms with Crippen molar-refractivity contribution >= 4 is 29.3 Å². The predicted octanol–water partition coefficient (Wildman–Crippen LogP) is 5.55. The Morgan fingerprint density at radius 3 is 2.62 bits per heavy atom. The van der Waals surface area contributed by atoms with Gasteiger partial charge in [-0.2, -0.15) is 0 Å². The van der Waals surface area contributed by atoms with Crippen LogP contribution < -0.4 is 0 Å². The van der Waals surface area contributed by atoms with Crippen molar-refractivity contribution in [1.29, 1.82) is 0 Å². The van der Waals surface area contributed by atoms with Crippen molar-refractivity contribution in [2.75, 3.05) is 19.5 Å². The number of carbonyl (C=O) groups is 1. The molecule has 1 aliphatic carbocycles. The topological polar surface area (TPSA) is 60.2 Å². The van der Waals surface area contributed by atoms with E-state index in [1.807, 2.05) is 51.9 Å². The molecule has 0 saturated heterocycles. The van der Waals surface area contributed by atoms with Crippen LogP contribution in [0, 0.1) is 5.92 Å². The molecule has 0 aliphatic heterocycles. The number of aromatic nitrogens is 3. The van der Waals surface area contributed by atoms with Gasteiger partial charge in [0.05, 0.1) is 10.8 Å². The van der Waals surface area contributed by atoms with Crippen molar-refractivity contribution in [1.82, 2.24) is 19.7 Å². The Morgan fingerprint density at radius 1 is 1.18 bits per heavy atom. The first-order valence-corrected chi connectivity index (χ1v) is 13.1. The molecule has 1 aromatic heterocycles. The molecule has 34 heavy (non-hydrogen) atoms. The summed E-state index contributed by atoms with van der Waals surface area (Å²) in [4.78, 5) is 15.4. The fraction of sp³-hybridized carbons (Fsp3) is 0.423. The third-order valence-electron chi connectivity index (χ3n) is 6.20. The predicted molar refractivity (Wildman–Crippen MR) is 137 cm³/mol. The van der Waals surface area contributed by atoms with Crippen molar-refractivity contribution < 1.29 is 9.53 Å². The fourth-order valence-corrected chi connectivity index (χ4v) is 5.16. The second-order valence-corrected chi connectivity index (χ2v) is 10.0. The Kier molecular flexibility index (Phi) is 8.64. The Labute approximate surface area is 210 Å². The van der Waals surface area contributed by atoms with Gasteiger partial charge in [0.25, 0.3) is 0 Å². The number of amides is 1. The van der Waals surface area contributed by atoms with E-state index in [1.165, 1.54) is 24.6 Å². The van der Waals surface area contributed by atoms with Crippen LogP contribution in [0.5, 0.6) is 0 Å². The van der Waals surface area contributed by atoms with Crippen LogP contribution in [0.3, 0.4) is 0 Å². The minimum atomic E-state index is 0.124. The van der Waals surface area contributed by atoms with Crippen LogP contribution in [0.2, 0.25) is 5.02 Å². The van der Waals surface area contributed by atoms with Crippen molar-refractivity contribution in [2.45, 2.75) is 50.5 Å². The molecule has 6 nitrogen and oxygen atoms in total. The second-order valence-electron chi connectivity index (χ2n) is 8.66. The molecule has 0 spiro atoms. The van der Waals surface area contributed by atoms with Gasteiger partial charge in [-0.15, -0.1) is 10.2 Å². The normalized spacial score (nSPS) is 14.2. The van der Waals surface area contributed by atoms with E-state index in [0.29, 0.717) is 42.2 Å². The van der Waals surface area contributed by atoms with Gasteiger partial charge in [0.15, 0.2) is 11.0 Å². The molecule has 0 bridgehead atoms. The maximum atomic E-state index is 13.4. The number of hydrogen-bond acceptors (Lipinski definition) is 5. The highest BCUT2D eigenvalue weighted by molar-refractivity contribution is 7.99. The first-order chi connectivity index (χ1) is 16.6. The van der Waals surface area contributed by atoms with Crippen molar-refractivity contribution in [3.05, 3.63) is 65.2 Å². The Balaban J connectivity index is 1.51. The number of methoxy groups -OCH3 is 1. The van der Waals surface area contributed by atoms with Crippen LogP contribution in [0.1, 0.15) is 31.7 Å². The summed E-state index contributed by atoms with van der Waals surface area (Å²) in [6.45, 7) is 4.12. The number of carbonyl (C=O) groups excluding carboxylic acids is 1. The van der Waals surface area contributed by atoms with Crippen molar-refractivity contribution in [2.24, 2.45) is 5.92 Å². The zero-order valence-corrected chi connectivity index (χ0v) is 21.3. The van der Waals surface area contributed by atoms with Gasteiger partial charge in [0, 0.05) is 38.4 Å². The molecule has 4 rings (SSSR count). The number of benzene rings is 2. The van der Waals surface area contributed by atoms with Crippen LogP contribution in [0.4, 0.5) is 0 Å². The van der Waals surface area contributed by atoms with Crippen LogP contribution in [-0.2, 0) is 22.6 Å². The fourth-order valence-electron chi connectivity index (χ4n) is 4.09. The van der Waals surface area contributed by atoms with Gasteiger partial charge in [-0.05, 0) is 49.8 Å².